The van der Waals surface area contributed by atoms with Crippen LogP contribution in [0.3, 0.4) is 0 Å². The second kappa shape index (κ2) is 8.06. The number of carbonyl (C=O) groups excluding carboxylic acids is 1. The normalized spacial score (nSPS) is 24.1. The van der Waals surface area contributed by atoms with E-state index >= 15 is 0 Å². The SMILES string of the molecule is CC1(CNC(=O)C2CCCN(S(=O)(=O)c3ccccc3)C2)CCNCC1. The summed E-state index contributed by atoms with van der Waals surface area (Å²) < 4.78 is 27.1. The Morgan fingerprint density at radius 2 is 1.96 bits per heavy atom. The van der Waals surface area contributed by atoms with Gasteiger partial charge in [0.25, 0.3) is 0 Å². The van der Waals surface area contributed by atoms with Crippen LogP contribution in [0, 0.1) is 11.3 Å². The van der Waals surface area contributed by atoms with Crippen molar-refractivity contribution in [2.24, 2.45) is 11.3 Å². The highest BCUT2D eigenvalue weighted by Crippen LogP contribution is 2.28. The monoisotopic (exact) mass is 379 g/mol. The number of benzene rings is 1. The molecular weight excluding hydrogens is 350 g/mol. The van der Waals surface area contributed by atoms with Crippen molar-refractivity contribution in [3.05, 3.63) is 30.3 Å². The average Bonchev–Trinajstić information content (AvgIpc) is 2.67. The molecular formula is C19H29N3O3S. The van der Waals surface area contributed by atoms with Crippen LogP contribution in [0.2, 0.25) is 0 Å². The number of nitrogens with one attached hydrogen (secondary N) is 2. The van der Waals surface area contributed by atoms with Gasteiger partial charge in [0.15, 0.2) is 0 Å². The van der Waals surface area contributed by atoms with Crippen molar-refractivity contribution in [2.75, 3.05) is 32.7 Å². The maximum atomic E-state index is 12.8. The fourth-order valence-corrected chi connectivity index (χ4v) is 5.31. The Hall–Kier alpha value is -1.44. The molecule has 2 saturated heterocycles. The van der Waals surface area contributed by atoms with Crippen LogP contribution in [0.25, 0.3) is 0 Å². The number of sulfonamides is 1. The summed E-state index contributed by atoms with van der Waals surface area (Å²) in [5, 5.41) is 6.43. The Morgan fingerprint density at radius 1 is 1.27 bits per heavy atom. The molecule has 2 fully saturated rings. The molecule has 1 atom stereocenters. The highest BCUT2D eigenvalue weighted by molar-refractivity contribution is 7.89. The molecule has 0 spiro atoms. The van der Waals surface area contributed by atoms with Crippen molar-refractivity contribution >= 4 is 15.9 Å². The van der Waals surface area contributed by atoms with E-state index in [9.17, 15) is 13.2 Å². The van der Waals surface area contributed by atoms with Crippen LogP contribution in [-0.4, -0.2) is 51.4 Å². The zero-order valence-electron chi connectivity index (χ0n) is 15.4. The predicted molar refractivity (Wildman–Crippen MR) is 101 cm³/mol. The van der Waals surface area contributed by atoms with Crippen molar-refractivity contribution in [3.63, 3.8) is 0 Å². The molecule has 7 heteroatoms. The largest absolute Gasteiger partial charge is 0.355 e. The number of hydrogen-bond acceptors (Lipinski definition) is 4. The summed E-state index contributed by atoms with van der Waals surface area (Å²) in [6.07, 6.45) is 3.55. The lowest BCUT2D eigenvalue weighted by Crippen LogP contribution is -2.48. The quantitative estimate of drug-likeness (QED) is 0.814. The molecule has 2 N–H and O–H groups in total. The Labute approximate surface area is 156 Å². The molecule has 1 unspecified atom stereocenters. The summed E-state index contributed by atoms with van der Waals surface area (Å²) in [4.78, 5) is 12.9. The molecule has 1 aromatic rings. The number of piperidine rings is 2. The Morgan fingerprint density at radius 3 is 2.65 bits per heavy atom. The molecule has 6 nitrogen and oxygen atoms in total. The Balaban J connectivity index is 1.60. The van der Waals surface area contributed by atoms with Gasteiger partial charge < -0.3 is 10.6 Å². The highest BCUT2D eigenvalue weighted by Gasteiger charge is 2.34. The van der Waals surface area contributed by atoms with Crippen molar-refractivity contribution in [1.82, 2.24) is 14.9 Å². The fraction of sp³-hybridized carbons (Fsp3) is 0.632. The minimum Gasteiger partial charge on any atom is -0.355 e. The van der Waals surface area contributed by atoms with Gasteiger partial charge in [0.1, 0.15) is 0 Å². The van der Waals surface area contributed by atoms with Gasteiger partial charge in [-0.15, -0.1) is 0 Å². The van der Waals surface area contributed by atoms with Gasteiger partial charge in [0, 0.05) is 19.6 Å². The number of hydrogen-bond donors (Lipinski definition) is 2. The third kappa shape index (κ3) is 4.45. The molecule has 2 heterocycles. The van der Waals surface area contributed by atoms with Crippen LogP contribution in [0.5, 0.6) is 0 Å². The van der Waals surface area contributed by atoms with Gasteiger partial charge >= 0.3 is 0 Å². The summed E-state index contributed by atoms with van der Waals surface area (Å²) >= 11 is 0. The molecule has 0 saturated carbocycles. The van der Waals surface area contributed by atoms with Gasteiger partial charge in [0.2, 0.25) is 15.9 Å². The average molecular weight is 380 g/mol. The van der Waals surface area contributed by atoms with Crippen molar-refractivity contribution in [2.45, 2.75) is 37.5 Å². The van der Waals surface area contributed by atoms with Gasteiger partial charge in [-0.25, -0.2) is 8.42 Å². The molecule has 2 aliphatic heterocycles. The molecule has 1 amide bonds. The lowest BCUT2D eigenvalue weighted by molar-refractivity contribution is -0.126. The molecule has 3 rings (SSSR count). The van der Waals surface area contributed by atoms with Crippen LogP contribution in [0.1, 0.15) is 32.6 Å². The van der Waals surface area contributed by atoms with Crippen LogP contribution >= 0.6 is 0 Å². The summed E-state index contributed by atoms with van der Waals surface area (Å²) in [5.41, 5.74) is 0.130. The third-order valence-electron chi connectivity index (χ3n) is 5.64. The lowest BCUT2D eigenvalue weighted by atomic mass is 9.81. The number of rotatable bonds is 5. The van der Waals surface area contributed by atoms with E-state index in [2.05, 4.69) is 17.6 Å². The van der Waals surface area contributed by atoms with E-state index in [4.69, 9.17) is 0 Å². The first kappa shape index (κ1) is 19.3. The van der Waals surface area contributed by atoms with E-state index in [-0.39, 0.29) is 23.8 Å². The standard InChI is InChI=1S/C19H29N3O3S/c1-19(9-11-20-12-10-19)15-21-18(23)16-6-5-13-22(14-16)26(24,25)17-7-3-2-4-8-17/h2-4,7-8,16,20H,5-6,9-15H2,1H3,(H,21,23). The number of carbonyl (C=O) groups is 1. The smallest absolute Gasteiger partial charge is 0.243 e. The first-order valence-electron chi connectivity index (χ1n) is 9.44. The van der Waals surface area contributed by atoms with E-state index in [0.29, 0.717) is 24.4 Å². The van der Waals surface area contributed by atoms with Crippen LogP contribution < -0.4 is 10.6 Å². The highest BCUT2D eigenvalue weighted by atomic mass is 32.2. The number of amides is 1. The van der Waals surface area contributed by atoms with Crippen molar-refractivity contribution in [3.8, 4) is 0 Å². The minimum atomic E-state index is -3.53. The lowest BCUT2D eigenvalue weighted by Gasteiger charge is -2.35. The second-order valence-corrected chi connectivity index (χ2v) is 9.73. The molecule has 26 heavy (non-hydrogen) atoms. The van der Waals surface area contributed by atoms with Gasteiger partial charge in [-0.1, -0.05) is 25.1 Å². The van der Waals surface area contributed by atoms with E-state index in [1.807, 2.05) is 0 Å². The van der Waals surface area contributed by atoms with Crippen LogP contribution in [0.4, 0.5) is 0 Å². The molecule has 0 aromatic heterocycles. The summed E-state index contributed by atoms with van der Waals surface area (Å²) in [5.74, 6) is -0.287. The van der Waals surface area contributed by atoms with Crippen molar-refractivity contribution in [1.29, 1.82) is 0 Å². The second-order valence-electron chi connectivity index (χ2n) is 7.79. The van der Waals surface area contributed by atoms with Crippen molar-refractivity contribution < 1.29 is 13.2 Å². The maximum Gasteiger partial charge on any atom is 0.243 e. The molecule has 0 radical (unpaired) electrons. The molecule has 2 aliphatic rings. The molecule has 0 bridgehead atoms. The minimum absolute atomic E-state index is 0.0160. The first-order chi connectivity index (χ1) is 12.4. The first-order valence-corrected chi connectivity index (χ1v) is 10.9. The predicted octanol–water partition coefficient (Wildman–Crippen LogP) is 1.59. The zero-order valence-corrected chi connectivity index (χ0v) is 16.2. The van der Waals surface area contributed by atoms with Gasteiger partial charge in [-0.2, -0.15) is 4.31 Å². The zero-order chi connectivity index (χ0) is 18.6. The molecule has 0 aliphatic carbocycles. The Bertz CT molecular complexity index is 715. The van der Waals surface area contributed by atoms with E-state index in [1.165, 1.54) is 4.31 Å². The summed E-state index contributed by atoms with van der Waals surface area (Å²) in [6.45, 7) is 5.58. The van der Waals surface area contributed by atoms with Crippen LogP contribution in [0.15, 0.2) is 35.2 Å². The topological polar surface area (TPSA) is 78.5 Å². The van der Waals surface area contributed by atoms with Gasteiger partial charge in [-0.3, -0.25) is 4.79 Å². The summed E-state index contributed by atoms with van der Waals surface area (Å²) in [7, 11) is -3.53. The van der Waals surface area contributed by atoms with E-state index in [1.54, 1.807) is 30.3 Å². The maximum absolute atomic E-state index is 12.8. The van der Waals surface area contributed by atoms with Gasteiger partial charge in [0.05, 0.1) is 10.8 Å². The third-order valence-corrected chi connectivity index (χ3v) is 7.52. The fourth-order valence-electron chi connectivity index (χ4n) is 3.77. The number of nitrogens with zero attached hydrogens (tertiary/aromatic N) is 1. The van der Waals surface area contributed by atoms with E-state index in [0.717, 1.165) is 32.4 Å². The van der Waals surface area contributed by atoms with Gasteiger partial charge in [-0.05, 0) is 56.3 Å². The van der Waals surface area contributed by atoms with E-state index < -0.39 is 10.0 Å². The Kier molecular flexibility index (Phi) is 5.99. The molecule has 144 valence electrons. The van der Waals surface area contributed by atoms with Crippen LogP contribution in [-0.2, 0) is 14.8 Å². The summed E-state index contributed by atoms with van der Waals surface area (Å²) in [6, 6.07) is 8.46. The molecule has 1 aromatic carbocycles.